The number of fused-ring (bicyclic) bond motifs is 1. The summed E-state index contributed by atoms with van der Waals surface area (Å²) in [6.45, 7) is 0. The first-order chi connectivity index (χ1) is 13.7. The highest BCUT2D eigenvalue weighted by Crippen LogP contribution is 2.28. The van der Waals surface area contributed by atoms with Crippen molar-refractivity contribution in [1.29, 1.82) is 0 Å². The molecule has 4 rings (SSSR count). The molecule has 0 N–H and O–H groups in total. The molecule has 0 saturated heterocycles. The van der Waals surface area contributed by atoms with Crippen LogP contribution in [0.5, 0.6) is 5.75 Å². The Hall–Kier alpha value is -3.18. The zero-order valence-electron chi connectivity index (χ0n) is 15.2. The van der Waals surface area contributed by atoms with Crippen LogP contribution in [0.3, 0.4) is 0 Å². The van der Waals surface area contributed by atoms with E-state index in [1.165, 1.54) is 0 Å². The van der Waals surface area contributed by atoms with Gasteiger partial charge in [-0.15, -0.1) is 0 Å². The fourth-order valence-electron chi connectivity index (χ4n) is 2.71. The van der Waals surface area contributed by atoms with Crippen LogP contribution >= 0.6 is 15.9 Å². The lowest BCUT2D eigenvalue weighted by Gasteiger charge is -1.99. The summed E-state index contributed by atoms with van der Waals surface area (Å²) in [5.74, 6) is 1.38. The van der Waals surface area contributed by atoms with Crippen LogP contribution in [0.25, 0.3) is 28.6 Å². The van der Waals surface area contributed by atoms with Gasteiger partial charge >= 0.3 is 0 Å². The van der Waals surface area contributed by atoms with Gasteiger partial charge in [-0.2, -0.15) is 0 Å². The molecule has 0 amide bonds. The second-order valence-electron chi connectivity index (χ2n) is 6.09. The molecule has 0 saturated carbocycles. The Kier molecular flexibility index (Phi) is 5.35. The lowest BCUT2D eigenvalue weighted by atomic mass is 10.2. The number of aliphatic imine (C=N–C) groups is 1. The molecule has 1 heterocycles. The zero-order chi connectivity index (χ0) is 19.3. The van der Waals surface area contributed by atoms with E-state index >= 15 is 0 Å². The third-order valence-electron chi connectivity index (χ3n) is 4.18. The summed E-state index contributed by atoms with van der Waals surface area (Å²) < 4.78 is 12.1. The molecule has 138 valence electrons. The van der Waals surface area contributed by atoms with Crippen molar-refractivity contribution in [1.82, 2.24) is 4.98 Å². The topological polar surface area (TPSA) is 47.6 Å². The Morgan fingerprint density at radius 2 is 1.79 bits per heavy atom. The SMILES string of the molecule is COc1ccc(-c2nc3cc(N=C/C=C/c4ccc(Br)cc4)ccc3o2)cc1. The van der Waals surface area contributed by atoms with Crippen LogP contribution in [-0.2, 0) is 0 Å². The predicted molar refractivity (Wildman–Crippen MR) is 117 cm³/mol. The maximum absolute atomic E-state index is 5.85. The lowest BCUT2D eigenvalue weighted by Crippen LogP contribution is -1.82. The Balaban J connectivity index is 1.51. The Bertz CT molecular complexity index is 1140. The third-order valence-corrected chi connectivity index (χ3v) is 4.71. The number of hydrogen-bond acceptors (Lipinski definition) is 4. The highest BCUT2D eigenvalue weighted by Gasteiger charge is 2.08. The first-order valence-corrected chi connectivity index (χ1v) is 9.52. The molecule has 0 bridgehead atoms. The van der Waals surface area contributed by atoms with Crippen molar-refractivity contribution in [3.8, 4) is 17.2 Å². The molecule has 4 aromatic rings. The molecule has 0 aliphatic heterocycles. The molecule has 3 aromatic carbocycles. The highest BCUT2D eigenvalue weighted by molar-refractivity contribution is 9.10. The van der Waals surface area contributed by atoms with E-state index in [1.807, 2.05) is 78.9 Å². The lowest BCUT2D eigenvalue weighted by molar-refractivity contribution is 0.415. The summed E-state index contributed by atoms with van der Waals surface area (Å²) in [6.07, 6.45) is 5.69. The van der Waals surface area contributed by atoms with Gasteiger partial charge in [-0.05, 0) is 66.2 Å². The largest absolute Gasteiger partial charge is 0.497 e. The second kappa shape index (κ2) is 8.23. The average molecular weight is 433 g/mol. The number of allylic oxidation sites excluding steroid dienone is 1. The summed E-state index contributed by atoms with van der Waals surface area (Å²) in [6, 6.07) is 21.4. The number of methoxy groups -OCH3 is 1. The summed E-state index contributed by atoms with van der Waals surface area (Å²) in [5.41, 5.74) is 4.35. The van der Waals surface area contributed by atoms with Gasteiger partial charge in [-0.3, -0.25) is 4.99 Å². The van der Waals surface area contributed by atoms with Crippen molar-refractivity contribution < 1.29 is 9.15 Å². The Morgan fingerprint density at radius 3 is 2.54 bits per heavy atom. The second-order valence-corrected chi connectivity index (χ2v) is 7.00. The van der Waals surface area contributed by atoms with E-state index in [-0.39, 0.29) is 0 Å². The van der Waals surface area contributed by atoms with Crippen molar-refractivity contribution in [2.45, 2.75) is 0 Å². The molecule has 0 aliphatic carbocycles. The van der Waals surface area contributed by atoms with Crippen molar-refractivity contribution in [3.63, 3.8) is 0 Å². The van der Waals surface area contributed by atoms with Crippen LogP contribution in [0, 0.1) is 0 Å². The summed E-state index contributed by atoms with van der Waals surface area (Å²) in [5, 5.41) is 0. The molecule has 4 nitrogen and oxygen atoms in total. The highest BCUT2D eigenvalue weighted by atomic mass is 79.9. The molecular weight excluding hydrogens is 416 g/mol. The normalized spacial score (nSPS) is 11.6. The van der Waals surface area contributed by atoms with Crippen LogP contribution in [0.2, 0.25) is 0 Å². The minimum Gasteiger partial charge on any atom is -0.497 e. The van der Waals surface area contributed by atoms with Gasteiger partial charge < -0.3 is 9.15 Å². The third kappa shape index (κ3) is 4.21. The molecular formula is C23H17BrN2O2. The monoisotopic (exact) mass is 432 g/mol. The van der Waals surface area contributed by atoms with Gasteiger partial charge in [0.05, 0.1) is 12.8 Å². The van der Waals surface area contributed by atoms with Crippen LogP contribution in [0.4, 0.5) is 5.69 Å². The molecule has 0 radical (unpaired) electrons. The van der Waals surface area contributed by atoms with Gasteiger partial charge in [0.1, 0.15) is 11.3 Å². The summed E-state index contributed by atoms with van der Waals surface area (Å²) in [7, 11) is 1.64. The first kappa shape index (κ1) is 18.2. The smallest absolute Gasteiger partial charge is 0.227 e. The van der Waals surface area contributed by atoms with Crippen LogP contribution in [-0.4, -0.2) is 18.3 Å². The maximum Gasteiger partial charge on any atom is 0.227 e. The number of nitrogens with zero attached hydrogens (tertiary/aromatic N) is 2. The van der Waals surface area contributed by atoms with Crippen molar-refractivity contribution in [2.24, 2.45) is 4.99 Å². The van der Waals surface area contributed by atoms with Gasteiger partial charge in [0.15, 0.2) is 5.58 Å². The van der Waals surface area contributed by atoms with Crippen molar-refractivity contribution in [3.05, 3.63) is 82.8 Å². The average Bonchev–Trinajstić information content (AvgIpc) is 3.16. The number of halogens is 1. The van der Waals surface area contributed by atoms with E-state index in [0.717, 1.165) is 38.1 Å². The van der Waals surface area contributed by atoms with Gasteiger partial charge in [-0.25, -0.2) is 4.98 Å². The first-order valence-electron chi connectivity index (χ1n) is 8.72. The van der Waals surface area contributed by atoms with Gasteiger partial charge in [0.2, 0.25) is 5.89 Å². The fraction of sp³-hybridized carbons (Fsp3) is 0.0435. The molecule has 0 unspecified atom stereocenters. The number of oxazole rings is 1. The van der Waals surface area contributed by atoms with Gasteiger partial charge in [-0.1, -0.05) is 34.1 Å². The molecule has 5 heteroatoms. The molecule has 0 aliphatic rings. The zero-order valence-corrected chi connectivity index (χ0v) is 16.8. The van der Waals surface area contributed by atoms with E-state index < -0.39 is 0 Å². The summed E-state index contributed by atoms with van der Waals surface area (Å²) >= 11 is 3.43. The van der Waals surface area contributed by atoms with E-state index in [4.69, 9.17) is 9.15 Å². The maximum atomic E-state index is 5.85. The number of hydrogen-bond donors (Lipinski definition) is 0. The molecule has 0 fully saturated rings. The molecule has 1 aromatic heterocycles. The Labute approximate surface area is 171 Å². The van der Waals surface area contributed by atoms with Gasteiger partial charge in [0, 0.05) is 16.3 Å². The predicted octanol–water partition coefficient (Wildman–Crippen LogP) is 6.68. The minimum absolute atomic E-state index is 0.578. The molecule has 0 atom stereocenters. The summed E-state index contributed by atoms with van der Waals surface area (Å²) in [4.78, 5) is 9.05. The molecule has 0 spiro atoms. The Morgan fingerprint density at radius 1 is 1.00 bits per heavy atom. The quantitative estimate of drug-likeness (QED) is 0.330. The fourth-order valence-corrected chi connectivity index (χ4v) is 2.97. The van der Waals surface area contributed by atoms with E-state index in [9.17, 15) is 0 Å². The van der Waals surface area contributed by atoms with Crippen LogP contribution in [0.15, 0.2) is 86.7 Å². The number of benzene rings is 3. The van der Waals surface area contributed by atoms with Gasteiger partial charge in [0.25, 0.3) is 0 Å². The van der Waals surface area contributed by atoms with Crippen molar-refractivity contribution in [2.75, 3.05) is 7.11 Å². The van der Waals surface area contributed by atoms with E-state index in [2.05, 4.69) is 25.9 Å². The van der Waals surface area contributed by atoms with E-state index in [0.29, 0.717) is 5.89 Å². The number of rotatable bonds is 5. The number of ether oxygens (including phenoxy) is 1. The number of aromatic nitrogens is 1. The minimum atomic E-state index is 0.578. The van der Waals surface area contributed by atoms with Crippen molar-refractivity contribution >= 4 is 45.0 Å². The van der Waals surface area contributed by atoms with Crippen LogP contribution < -0.4 is 4.74 Å². The van der Waals surface area contributed by atoms with Crippen LogP contribution in [0.1, 0.15) is 5.56 Å². The van der Waals surface area contributed by atoms with E-state index in [1.54, 1.807) is 13.3 Å². The molecule has 28 heavy (non-hydrogen) atoms. The standard InChI is InChI=1S/C23H17BrN2O2/c1-27-20-11-6-17(7-12-20)23-26-21-15-19(10-13-22(21)28-23)25-14-2-3-16-4-8-18(24)9-5-16/h2-15H,1H3/b3-2+,25-14?.